The van der Waals surface area contributed by atoms with Crippen LogP contribution in [0.4, 0.5) is 5.82 Å². The number of hydrogen-bond acceptors (Lipinski definition) is 4. The fraction of sp³-hybridized carbons (Fsp3) is 0.267. The first-order valence-electron chi connectivity index (χ1n) is 6.73. The van der Waals surface area contributed by atoms with Gasteiger partial charge in [-0.05, 0) is 48.2 Å². The Morgan fingerprint density at radius 2 is 2.05 bits per heavy atom. The van der Waals surface area contributed by atoms with Gasteiger partial charge >= 0.3 is 5.97 Å². The lowest BCUT2D eigenvalue weighted by molar-refractivity contribution is 0.0689. The fourth-order valence-electron chi connectivity index (χ4n) is 2.53. The van der Waals surface area contributed by atoms with E-state index in [9.17, 15) is 4.79 Å². The maximum atomic E-state index is 10.8. The van der Waals surface area contributed by atoms with E-state index < -0.39 is 5.97 Å². The molecule has 2 heterocycles. The standard InChI is InChI=1S/C15H14BrN3O2/c16-12-4-3-10-2-1-7-19(9-11(10)8-12)14-6-5-13(15(20)21)17-18-14/h3-6,8H,1-2,7,9H2,(H,20,21). The van der Waals surface area contributed by atoms with Crippen LogP contribution in [-0.4, -0.2) is 27.8 Å². The first kappa shape index (κ1) is 14.0. The molecule has 0 bridgehead atoms. The highest BCUT2D eigenvalue weighted by Crippen LogP contribution is 2.25. The van der Waals surface area contributed by atoms with E-state index in [0.717, 1.165) is 30.4 Å². The zero-order valence-corrected chi connectivity index (χ0v) is 12.9. The molecule has 1 aromatic heterocycles. The largest absolute Gasteiger partial charge is 0.476 e. The van der Waals surface area contributed by atoms with E-state index in [2.05, 4.69) is 49.2 Å². The highest BCUT2D eigenvalue weighted by atomic mass is 79.9. The molecule has 2 aromatic rings. The van der Waals surface area contributed by atoms with Gasteiger partial charge in [0.1, 0.15) is 0 Å². The van der Waals surface area contributed by atoms with E-state index in [4.69, 9.17) is 5.11 Å². The van der Waals surface area contributed by atoms with Crippen LogP contribution in [-0.2, 0) is 13.0 Å². The lowest BCUT2D eigenvalue weighted by atomic mass is 10.0. The highest BCUT2D eigenvalue weighted by Gasteiger charge is 2.17. The van der Waals surface area contributed by atoms with Gasteiger partial charge in [-0.15, -0.1) is 10.2 Å². The summed E-state index contributed by atoms with van der Waals surface area (Å²) in [6.45, 7) is 1.64. The van der Waals surface area contributed by atoms with Gasteiger partial charge in [0.2, 0.25) is 0 Å². The monoisotopic (exact) mass is 347 g/mol. The number of aromatic nitrogens is 2. The van der Waals surface area contributed by atoms with Crippen LogP contribution in [0.3, 0.4) is 0 Å². The average molecular weight is 348 g/mol. The van der Waals surface area contributed by atoms with Crippen molar-refractivity contribution in [2.75, 3.05) is 11.4 Å². The molecule has 0 unspecified atom stereocenters. The molecule has 0 amide bonds. The lowest BCUT2D eigenvalue weighted by Gasteiger charge is -2.21. The van der Waals surface area contributed by atoms with E-state index in [-0.39, 0.29) is 5.69 Å². The molecule has 0 saturated heterocycles. The molecule has 1 aromatic carbocycles. The molecule has 0 aliphatic carbocycles. The van der Waals surface area contributed by atoms with Crippen molar-refractivity contribution in [1.82, 2.24) is 10.2 Å². The molecule has 1 N–H and O–H groups in total. The van der Waals surface area contributed by atoms with Crippen molar-refractivity contribution in [3.8, 4) is 0 Å². The SMILES string of the molecule is O=C(O)c1ccc(N2CCCc3ccc(Br)cc3C2)nn1. The van der Waals surface area contributed by atoms with Crippen LogP contribution >= 0.6 is 15.9 Å². The van der Waals surface area contributed by atoms with Gasteiger partial charge in [-0.3, -0.25) is 0 Å². The topological polar surface area (TPSA) is 66.3 Å². The zero-order valence-electron chi connectivity index (χ0n) is 11.3. The van der Waals surface area contributed by atoms with Crippen LogP contribution in [0.2, 0.25) is 0 Å². The fourth-order valence-corrected chi connectivity index (χ4v) is 2.94. The summed E-state index contributed by atoms with van der Waals surface area (Å²) in [6, 6.07) is 9.57. The Kier molecular flexibility index (Phi) is 3.88. The van der Waals surface area contributed by atoms with Crippen molar-refractivity contribution in [1.29, 1.82) is 0 Å². The third kappa shape index (κ3) is 3.05. The Balaban J connectivity index is 1.87. The number of aryl methyl sites for hydroxylation is 1. The average Bonchev–Trinajstić information content (AvgIpc) is 2.69. The van der Waals surface area contributed by atoms with Gasteiger partial charge in [-0.2, -0.15) is 0 Å². The van der Waals surface area contributed by atoms with E-state index in [0.29, 0.717) is 5.82 Å². The Morgan fingerprint density at radius 1 is 1.19 bits per heavy atom. The molecule has 0 spiro atoms. The minimum atomic E-state index is -1.06. The van der Waals surface area contributed by atoms with Crippen molar-refractivity contribution in [3.63, 3.8) is 0 Å². The predicted molar refractivity (Wildman–Crippen MR) is 82.5 cm³/mol. The van der Waals surface area contributed by atoms with Crippen LogP contribution in [0.15, 0.2) is 34.8 Å². The van der Waals surface area contributed by atoms with Crippen molar-refractivity contribution < 1.29 is 9.90 Å². The zero-order chi connectivity index (χ0) is 14.8. The van der Waals surface area contributed by atoms with E-state index in [1.54, 1.807) is 6.07 Å². The van der Waals surface area contributed by atoms with Crippen LogP contribution < -0.4 is 4.90 Å². The highest BCUT2D eigenvalue weighted by molar-refractivity contribution is 9.10. The molecular formula is C15H14BrN3O2. The molecule has 0 atom stereocenters. The Morgan fingerprint density at radius 3 is 2.76 bits per heavy atom. The van der Waals surface area contributed by atoms with E-state index >= 15 is 0 Å². The summed E-state index contributed by atoms with van der Waals surface area (Å²) < 4.78 is 1.07. The van der Waals surface area contributed by atoms with Crippen LogP contribution in [0, 0.1) is 0 Å². The number of carboxylic acid groups (broad SMARTS) is 1. The second-order valence-corrected chi connectivity index (χ2v) is 5.94. The summed E-state index contributed by atoms with van der Waals surface area (Å²) in [5.41, 5.74) is 2.60. The molecule has 0 saturated carbocycles. The van der Waals surface area contributed by atoms with Gasteiger partial charge in [0.15, 0.2) is 11.5 Å². The molecule has 1 aliphatic heterocycles. The number of halogens is 1. The van der Waals surface area contributed by atoms with Gasteiger partial charge in [0.05, 0.1) is 0 Å². The summed E-state index contributed by atoms with van der Waals surface area (Å²) in [6.07, 6.45) is 2.08. The number of rotatable bonds is 2. The number of fused-ring (bicyclic) bond motifs is 1. The van der Waals surface area contributed by atoms with Crippen LogP contribution in [0.5, 0.6) is 0 Å². The van der Waals surface area contributed by atoms with Crippen molar-refractivity contribution in [2.45, 2.75) is 19.4 Å². The quantitative estimate of drug-likeness (QED) is 0.904. The van der Waals surface area contributed by atoms with Gasteiger partial charge in [0.25, 0.3) is 0 Å². The molecule has 5 nitrogen and oxygen atoms in total. The third-order valence-corrected chi connectivity index (χ3v) is 4.09. The molecule has 3 rings (SSSR count). The third-order valence-electron chi connectivity index (χ3n) is 3.60. The second-order valence-electron chi connectivity index (χ2n) is 5.02. The van der Waals surface area contributed by atoms with Gasteiger partial charge in [-0.25, -0.2) is 4.79 Å². The van der Waals surface area contributed by atoms with E-state index in [1.807, 2.05) is 0 Å². The Hall–Kier alpha value is -1.95. The molecule has 21 heavy (non-hydrogen) atoms. The summed E-state index contributed by atoms with van der Waals surface area (Å²) in [4.78, 5) is 13.0. The molecule has 0 fully saturated rings. The number of carbonyl (C=O) groups is 1. The summed E-state index contributed by atoms with van der Waals surface area (Å²) in [5.74, 6) is -0.341. The molecule has 6 heteroatoms. The molecule has 108 valence electrons. The van der Waals surface area contributed by atoms with Crippen LogP contribution in [0.1, 0.15) is 28.0 Å². The summed E-state index contributed by atoms with van der Waals surface area (Å²) in [5, 5.41) is 16.7. The van der Waals surface area contributed by atoms with Crippen molar-refractivity contribution >= 4 is 27.7 Å². The number of hydrogen-bond donors (Lipinski definition) is 1. The van der Waals surface area contributed by atoms with Gasteiger partial charge < -0.3 is 10.0 Å². The number of benzene rings is 1. The van der Waals surface area contributed by atoms with Crippen molar-refractivity contribution in [3.05, 3.63) is 51.6 Å². The number of nitrogens with zero attached hydrogens (tertiary/aromatic N) is 3. The first-order chi connectivity index (χ1) is 10.1. The number of anilines is 1. The summed E-state index contributed by atoms with van der Waals surface area (Å²) >= 11 is 3.51. The van der Waals surface area contributed by atoms with Gasteiger partial charge in [-0.1, -0.05) is 22.0 Å². The maximum Gasteiger partial charge on any atom is 0.356 e. The molecule has 1 aliphatic rings. The molecular weight excluding hydrogens is 334 g/mol. The maximum absolute atomic E-state index is 10.8. The first-order valence-corrected chi connectivity index (χ1v) is 7.52. The smallest absolute Gasteiger partial charge is 0.356 e. The van der Waals surface area contributed by atoms with E-state index in [1.165, 1.54) is 17.2 Å². The number of aromatic carboxylic acids is 1. The number of carboxylic acids is 1. The van der Waals surface area contributed by atoms with Crippen LogP contribution in [0.25, 0.3) is 0 Å². The predicted octanol–water partition coefficient (Wildman–Crippen LogP) is 2.89. The minimum absolute atomic E-state index is 0.0308. The minimum Gasteiger partial charge on any atom is -0.476 e. The lowest BCUT2D eigenvalue weighted by Crippen LogP contribution is -2.24. The van der Waals surface area contributed by atoms with Crippen molar-refractivity contribution in [2.24, 2.45) is 0 Å². The normalized spacial score (nSPS) is 14.4. The van der Waals surface area contributed by atoms with Gasteiger partial charge in [0, 0.05) is 17.6 Å². The summed E-state index contributed by atoms with van der Waals surface area (Å²) in [7, 11) is 0. The second kappa shape index (κ2) is 5.81. The Bertz CT molecular complexity index is 673. The Labute approximate surface area is 130 Å². The molecule has 0 radical (unpaired) electrons.